The van der Waals surface area contributed by atoms with Crippen LogP contribution in [0.2, 0.25) is 0 Å². The number of carbonyl (C=O) groups is 2. The smallest absolute Gasteiger partial charge is 0.870 e. The molecule has 29 heavy (non-hydrogen) atoms. The maximum Gasteiger partial charge on any atom is 1.00 e. The second kappa shape index (κ2) is 11.6. The molecule has 2 N–H and O–H groups in total. The van der Waals surface area contributed by atoms with Crippen LogP contribution < -0.4 is 29.6 Å². The number of aromatic carboxylic acids is 1. The maximum absolute atomic E-state index is 11.2. The van der Waals surface area contributed by atoms with E-state index in [1.165, 1.54) is 43.9 Å². The van der Waals surface area contributed by atoms with Crippen LogP contribution in [0, 0.1) is 0 Å². The van der Waals surface area contributed by atoms with E-state index in [9.17, 15) is 9.59 Å². The fraction of sp³-hybridized carbons (Fsp3) is 0.333. The van der Waals surface area contributed by atoms with E-state index in [4.69, 9.17) is 5.11 Å². The average Bonchev–Trinajstić information content (AvgIpc) is 3.54. The molecule has 0 spiro atoms. The van der Waals surface area contributed by atoms with Crippen LogP contribution >= 0.6 is 31.9 Å². The fourth-order valence-corrected chi connectivity index (χ4v) is 4.29. The summed E-state index contributed by atoms with van der Waals surface area (Å²) in [5, 5.41) is 8.73. The van der Waals surface area contributed by atoms with Gasteiger partial charge in [-0.3, -0.25) is 0 Å². The van der Waals surface area contributed by atoms with Gasteiger partial charge in [0.15, 0.2) is 0 Å². The van der Waals surface area contributed by atoms with Crippen molar-refractivity contribution in [1.82, 2.24) is 0 Å². The van der Waals surface area contributed by atoms with E-state index in [1.54, 1.807) is 12.1 Å². The normalized spacial score (nSPS) is 14.4. The Hall–Kier alpha value is -0.700. The Morgan fingerprint density at radius 3 is 1.66 bits per heavy atom. The van der Waals surface area contributed by atoms with Gasteiger partial charge in [0.05, 0.1) is 18.2 Å². The van der Waals surface area contributed by atoms with Crippen molar-refractivity contribution in [2.75, 3.05) is 7.11 Å². The second-order valence-electron chi connectivity index (χ2n) is 6.82. The molecule has 2 fully saturated rings. The molecule has 2 aliphatic carbocycles. The number of benzene rings is 2. The van der Waals surface area contributed by atoms with Crippen molar-refractivity contribution < 1.29 is 54.5 Å². The van der Waals surface area contributed by atoms with Crippen LogP contribution in [-0.4, -0.2) is 29.6 Å². The minimum Gasteiger partial charge on any atom is -0.870 e. The minimum absolute atomic E-state index is 0. The summed E-state index contributed by atoms with van der Waals surface area (Å²) in [4.78, 5) is 21.8. The van der Waals surface area contributed by atoms with Crippen molar-refractivity contribution in [3.05, 3.63) is 67.6 Å². The predicted octanol–water partition coefficient (Wildman–Crippen LogP) is 2.97. The number of ether oxygens (including phenoxy) is 1. The molecule has 5 nitrogen and oxygen atoms in total. The van der Waals surface area contributed by atoms with Crippen LogP contribution in [0.1, 0.15) is 69.4 Å². The Morgan fingerprint density at radius 1 is 0.897 bits per heavy atom. The van der Waals surface area contributed by atoms with Gasteiger partial charge in [-0.2, -0.15) is 0 Å². The molecule has 0 aliphatic heterocycles. The summed E-state index contributed by atoms with van der Waals surface area (Å²) in [7, 11) is 1.39. The molecule has 0 atom stereocenters. The second-order valence-corrected chi connectivity index (χ2v) is 8.53. The van der Waals surface area contributed by atoms with Crippen molar-refractivity contribution >= 4 is 43.8 Å². The topological polar surface area (TPSA) is 93.6 Å². The molecule has 0 unspecified atom stereocenters. The third-order valence-electron chi connectivity index (χ3n) is 4.70. The Morgan fingerprint density at radius 2 is 1.31 bits per heavy atom. The molecule has 2 saturated carbocycles. The fourth-order valence-electron chi connectivity index (χ4n) is 2.88. The van der Waals surface area contributed by atoms with Gasteiger partial charge in [-0.1, -0.05) is 44.0 Å². The molecular formula is C21H21Br2NaO5. The van der Waals surface area contributed by atoms with Gasteiger partial charge >= 0.3 is 41.5 Å². The van der Waals surface area contributed by atoms with E-state index in [1.807, 2.05) is 24.3 Å². The number of hydrogen-bond acceptors (Lipinski definition) is 4. The molecule has 8 heteroatoms. The maximum atomic E-state index is 11.2. The van der Waals surface area contributed by atoms with Crippen molar-refractivity contribution in [1.29, 1.82) is 0 Å². The van der Waals surface area contributed by atoms with Crippen molar-refractivity contribution in [2.45, 2.75) is 37.5 Å². The first-order chi connectivity index (χ1) is 12.9. The minimum atomic E-state index is -0.872. The molecule has 0 radical (unpaired) electrons. The monoisotopic (exact) mass is 534 g/mol. The number of carbonyl (C=O) groups excluding carboxylic acids is 1. The summed E-state index contributed by atoms with van der Waals surface area (Å²) >= 11 is 6.87. The number of carboxylic acid groups (broad SMARTS) is 1. The van der Waals surface area contributed by atoms with E-state index >= 15 is 0 Å². The summed E-state index contributed by atoms with van der Waals surface area (Å²) in [5.74, 6) is 0.185. The summed E-state index contributed by atoms with van der Waals surface area (Å²) in [6, 6.07) is 10.9. The first kappa shape index (κ1) is 26.3. The summed E-state index contributed by atoms with van der Waals surface area (Å²) in [6.45, 7) is 0. The molecule has 0 amide bonds. The van der Waals surface area contributed by atoms with Gasteiger partial charge < -0.3 is 15.3 Å². The zero-order valence-corrected chi connectivity index (χ0v) is 21.5. The molecule has 0 bridgehead atoms. The Kier molecular flexibility index (Phi) is 10.6. The molecule has 4 rings (SSSR count). The van der Waals surface area contributed by atoms with Gasteiger partial charge in [0, 0.05) is 8.95 Å². The van der Waals surface area contributed by atoms with Crippen LogP contribution in [-0.2, 0) is 4.74 Å². The van der Waals surface area contributed by atoms with Crippen molar-refractivity contribution in [3.8, 4) is 0 Å². The molecule has 2 aromatic rings. The third kappa shape index (κ3) is 7.19. The standard InChI is InChI=1S/C11H11BrO2.C10H9BrO2.Na.H2O/c1-14-11(13)8-4-5-9(7-2-3-7)10(12)6-8;11-9-5-7(10(12)13)3-4-8(9)6-1-2-6;;/h4-7H,2-3H2,1H3;3-6H,1-2H2,(H,12,13);;1H2/q;;+1;/p-1. The molecular weight excluding hydrogens is 515 g/mol. The van der Waals surface area contributed by atoms with E-state index in [0.29, 0.717) is 23.0 Å². The van der Waals surface area contributed by atoms with Gasteiger partial charge in [0.2, 0.25) is 0 Å². The largest absolute Gasteiger partial charge is 1.00 e. The number of carboxylic acids is 1. The van der Waals surface area contributed by atoms with E-state index in [-0.39, 0.29) is 41.0 Å². The van der Waals surface area contributed by atoms with Gasteiger partial charge in [-0.05, 0) is 72.9 Å². The summed E-state index contributed by atoms with van der Waals surface area (Å²) < 4.78 is 6.59. The molecule has 2 aliphatic rings. The SMILES string of the molecule is COC(=O)c1ccc(C2CC2)c(Br)c1.O=C(O)c1ccc(C2CC2)c(Br)c1.[Na+].[OH-]. The third-order valence-corrected chi connectivity index (χ3v) is 6.08. The number of rotatable bonds is 4. The molecule has 2 aromatic carbocycles. The molecule has 0 saturated heterocycles. The van der Waals surface area contributed by atoms with Gasteiger partial charge in [0.25, 0.3) is 0 Å². The van der Waals surface area contributed by atoms with E-state index < -0.39 is 5.97 Å². The molecule has 0 aromatic heterocycles. The van der Waals surface area contributed by atoms with Gasteiger partial charge in [-0.15, -0.1) is 0 Å². The van der Waals surface area contributed by atoms with Crippen molar-refractivity contribution in [3.63, 3.8) is 0 Å². The Balaban J connectivity index is 0.000000272. The summed E-state index contributed by atoms with van der Waals surface area (Å²) in [5.41, 5.74) is 3.49. The Labute approximate surface area is 209 Å². The number of hydrogen-bond donors (Lipinski definition) is 1. The zero-order valence-electron chi connectivity index (χ0n) is 16.3. The molecule has 0 heterocycles. The van der Waals surface area contributed by atoms with Crippen LogP contribution in [0.4, 0.5) is 0 Å². The van der Waals surface area contributed by atoms with Crippen LogP contribution in [0.15, 0.2) is 45.3 Å². The number of halogens is 2. The number of esters is 1. The zero-order chi connectivity index (χ0) is 19.6. The van der Waals surface area contributed by atoms with E-state index in [0.717, 1.165) is 8.95 Å². The van der Waals surface area contributed by atoms with Crippen LogP contribution in [0.5, 0.6) is 0 Å². The Bertz CT molecular complexity index is 879. The molecule has 150 valence electrons. The van der Waals surface area contributed by atoms with Gasteiger partial charge in [0.1, 0.15) is 0 Å². The summed E-state index contributed by atoms with van der Waals surface area (Å²) in [6.07, 6.45) is 4.97. The average molecular weight is 536 g/mol. The first-order valence-corrected chi connectivity index (χ1v) is 10.4. The number of methoxy groups -OCH3 is 1. The quantitative estimate of drug-likeness (QED) is 0.480. The first-order valence-electron chi connectivity index (χ1n) is 8.81. The predicted molar refractivity (Wildman–Crippen MR) is 112 cm³/mol. The van der Waals surface area contributed by atoms with Crippen LogP contribution in [0.25, 0.3) is 0 Å². The van der Waals surface area contributed by atoms with E-state index in [2.05, 4.69) is 36.6 Å². The van der Waals surface area contributed by atoms with Gasteiger partial charge in [-0.25, -0.2) is 9.59 Å². The van der Waals surface area contributed by atoms with Crippen LogP contribution in [0.3, 0.4) is 0 Å². The van der Waals surface area contributed by atoms with Crippen molar-refractivity contribution in [2.24, 2.45) is 0 Å².